The van der Waals surface area contributed by atoms with Gasteiger partial charge in [0.25, 0.3) is 0 Å². The second-order valence-corrected chi connectivity index (χ2v) is 8.45. The van der Waals surface area contributed by atoms with Crippen LogP contribution in [0.15, 0.2) is 38.0 Å². The zero-order valence-corrected chi connectivity index (χ0v) is 16.0. The van der Waals surface area contributed by atoms with Crippen LogP contribution in [0.5, 0.6) is 0 Å². The Morgan fingerprint density at radius 2 is 2.33 bits per heavy atom. The van der Waals surface area contributed by atoms with Gasteiger partial charge in [0.2, 0.25) is 5.91 Å². The van der Waals surface area contributed by atoms with Crippen LogP contribution in [0, 0.1) is 0 Å². The minimum absolute atomic E-state index is 0.0123. The highest BCUT2D eigenvalue weighted by Crippen LogP contribution is 2.33. The molecule has 0 fully saturated rings. The summed E-state index contributed by atoms with van der Waals surface area (Å²) < 4.78 is 6.54. The van der Waals surface area contributed by atoms with Crippen LogP contribution in [0.25, 0.3) is 9.88 Å². The van der Waals surface area contributed by atoms with E-state index in [0.29, 0.717) is 6.42 Å². The van der Waals surface area contributed by atoms with Crippen LogP contribution in [0.3, 0.4) is 0 Å². The molecule has 0 saturated carbocycles. The van der Waals surface area contributed by atoms with E-state index in [1.54, 1.807) is 28.9 Å². The monoisotopic (exact) mass is 422 g/mol. The Morgan fingerprint density at radius 1 is 1.42 bits per heavy atom. The molecule has 1 N–H and O–H groups in total. The fraction of sp³-hybridized carbons (Fsp3) is 0.294. The number of furan rings is 1. The van der Waals surface area contributed by atoms with Crippen LogP contribution >= 0.6 is 38.6 Å². The van der Waals surface area contributed by atoms with Gasteiger partial charge in [0.05, 0.1) is 29.3 Å². The fourth-order valence-electron chi connectivity index (χ4n) is 2.97. The van der Waals surface area contributed by atoms with Gasteiger partial charge in [0.15, 0.2) is 0 Å². The number of nitrogens with zero attached hydrogens (tertiary/aromatic N) is 1. The van der Waals surface area contributed by atoms with Gasteiger partial charge in [0, 0.05) is 27.2 Å². The molecular weight excluding hydrogens is 408 g/mol. The number of fused-ring (bicyclic) bond motifs is 1. The van der Waals surface area contributed by atoms with Gasteiger partial charge in [-0.25, -0.2) is 4.98 Å². The molecule has 24 heavy (non-hydrogen) atoms. The number of thiazole rings is 1. The quantitative estimate of drug-likeness (QED) is 0.645. The van der Waals surface area contributed by atoms with Crippen LogP contribution in [0.2, 0.25) is 0 Å². The van der Waals surface area contributed by atoms with E-state index >= 15 is 0 Å². The zero-order valence-electron chi connectivity index (χ0n) is 12.8. The van der Waals surface area contributed by atoms with E-state index < -0.39 is 0 Å². The van der Waals surface area contributed by atoms with E-state index in [1.807, 2.05) is 16.8 Å². The molecule has 3 heterocycles. The Kier molecular flexibility index (Phi) is 4.56. The zero-order chi connectivity index (χ0) is 16.5. The van der Waals surface area contributed by atoms with E-state index in [2.05, 4.69) is 32.3 Å². The molecule has 4 nitrogen and oxygen atoms in total. The minimum atomic E-state index is 0.0123. The van der Waals surface area contributed by atoms with Gasteiger partial charge in [-0.3, -0.25) is 4.79 Å². The van der Waals surface area contributed by atoms with Crippen molar-refractivity contribution in [2.24, 2.45) is 0 Å². The van der Waals surface area contributed by atoms with Crippen molar-refractivity contribution in [3.05, 3.63) is 50.6 Å². The van der Waals surface area contributed by atoms with Crippen LogP contribution < -0.4 is 5.32 Å². The normalized spacial score (nSPS) is 16.8. The summed E-state index contributed by atoms with van der Waals surface area (Å²) in [7, 11) is 0. The number of thiophene rings is 1. The minimum Gasteiger partial charge on any atom is -0.469 e. The summed E-state index contributed by atoms with van der Waals surface area (Å²) in [6, 6.07) is 4.08. The number of nitrogens with one attached hydrogen (secondary N) is 1. The Morgan fingerprint density at radius 3 is 3.17 bits per heavy atom. The Bertz CT molecular complexity index is 867. The summed E-state index contributed by atoms with van der Waals surface area (Å²) in [6.45, 7) is 0. The maximum absolute atomic E-state index is 12.4. The Labute approximate surface area is 156 Å². The first-order valence-electron chi connectivity index (χ1n) is 7.73. The highest BCUT2D eigenvalue weighted by Gasteiger charge is 2.24. The lowest BCUT2D eigenvalue weighted by Gasteiger charge is -2.22. The molecule has 1 unspecified atom stereocenters. The topological polar surface area (TPSA) is 55.1 Å². The number of carbonyl (C=O) groups is 1. The lowest BCUT2D eigenvalue weighted by molar-refractivity contribution is -0.121. The van der Waals surface area contributed by atoms with Crippen molar-refractivity contribution in [3.8, 4) is 9.88 Å². The van der Waals surface area contributed by atoms with Crippen molar-refractivity contribution in [1.82, 2.24) is 10.3 Å². The molecule has 124 valence electrons. The largest absolute Gasteiger partial charge is 0.469 e. The summed E-state index contributed by atoms with van der Waals surface area (Å²) >= 11 is 6.68. The lowest BCUT2D eigenvalue weighted by atomic mass is 9.93. The third-order valence-corrected chi connectivity index (χ3v) is 6.81. The van der Waals surface area contributed by atoms with Gasteiger partial charge < -0.3 is 9.73 Å². The van der Waals surface area contributed by atoms with Crippen molar-refractivity contribution in [3.63, 3.8) is 0 Å². The van der Waals surface area contributed by atoms with E-state index in [9.17, 15) is 4.79 Å². The fourth-order valence-corrected chi connectivity index (χ4v) is 5.30. The van der Waals surface area contributed by atoms with E-state index in [1.165, 1.54) is 0 Å². The smallest absolute Gasteiger partial charge is 0.226 e. The number of halogens is 1. The van der Waals surface area contributed by atoms with Crippen molar-refractivity contribution >= 4 is 44.5 Å². The molecular formula is C17H15BrN2O2S2. The van der Waals surface area contributed by atoms with Crippen LogP contribution in [0.4, 0.5) is 0 Å². The summed E-state index contributed by atoms with van der Waals surface area (Å²) in [5.74, 6) is 1.02. The first-order valence-corrected chi connectivity index (χ1v) is 10.3. The third-order valence-electron chi connectivity index (χ3n) is 4.06. The molecule has 3 aromatic rings. The average molecular weight is 423 g/mol. The van der Waals surface area contributed by atoms with Gasteiger partial charge >= 0.3 is 0 Å². The van der Waals surface area contributed by atoms with Gasteiger partial charge in [-0.2, -0.15) is 0 Å². The molecule has 1 atom stereocenters. The molecule has 0 bridgehead atoms. The van der Waals surface area contributed by atoms with E-state index in [-0.39, 0.29) is 11.9 Å². The van der Waals surface area contributed by atoms with Gasteiger partial charge in [-0.05, 0) is 40.9 Å². The summed E-state index contributed by atoms with van der Waals surface area (Å²) in [6.07, 6.45) is 4.98. The van der Waals surface area contributed by atoms with Crippen molar-refractivity contribution in [2.75, 3.05) is 0 Å². The highest BCUT2D eigenvalue weighted by molar-refractivity contribution is 9.10. The Balaban J connectivity index is 1.41. The molecule has 0 radical (unpaired) electrons. The van der Waals surface area contributed by atoms with E-state index in [4.69, 9.17) is 4.42 Å². The maximum atomic E-state index is 12.4. The second kappa shape index (κ2) is 6.82. The summed E-state index contributed by atoms with van der Waals surface area (Å²) in [5.41, 5.74) is 1.94. The first-order chi connectivity index (χ1) is 11.7. The number of aromatic nitrogens is 1. The molecule has 4 rings (SSSR count). The molecule has 1 aliphatic carbocycles. The van der Waals surface area contributed by atoms with Crippen LogP contribution in [-0.2, 0) is 17.6 Å². The van der Waals surface area contributed by atoms with E-state index in [0.717, 1.165) is 50.6 Å². The standard InChI is InChI=1S/C17H15BrN2O2S2/c18-10-6-15(23-8-10)17-19-11(9-24-17)7-16(21)20-13-2-1-3-14-12(13)4-5-22-14/h4-6,8-9,13H,1-3,7H2,(H,20,21). The average Bonchev–Trinajstić information content (AvgIpc) is 3.27. The first kappa shape index (κ1) is 16.1. The predicted molar refractivity (Wildman–Crippen MR) is 99.4 cm³/mol. The molecule has 1 amide bonds. The number of carbonyl (C=O) groups excluding carboxylic acids is 1. The number of amides is 1. The molecule has 7 heteroatoms. The highest BCUT2D eigenvalue weighted by atomic mass is 79.9. The van der Waals surface area contributed by atoms with Gasteiger partial charge in [-0.15, -0.1) is 22.7 Å². The maximum Gasteiger partial charge on any atom is 0.226 e. The van der Waals surface area contributed by atoms with Crippen LogP contribution in [0.1, 0.15) is 35.9 Å². The number of rotatable bonds is 4. The molecule has 0 saturated heterocycles. The van der Waals surface area contributed by atoms with Crippen molar-refractivity contribution in [1.29, 1.82) is 0 Å². The number of aryl methyl sites for hydroxylation is 1. The van der Waals surface area contributed by atoms with Gasteiger partial charge in [-0.1, -0.05) is 0 Å². The molecule has 0 aromatic carbocycles. The summed E-state index contributed by atoms with van der Waals surface area (Å²) in [4.78, 5) is 18.1. The van der Waals surface area contributed by atoms with Crippen molar-refractivity contribution in [2.45, 2.75) is 31.7 Å². The SMILES string of the molecule is O=C(Cc1csc(-c2cc(Br)cs2)n1)NC1CCCc2occc21. The third kappa shape index (κ3) is 3.34. The second-order valence-electron chi connectivity index (χ2n) is 5.76. The van der Waals surface area contributed by atoms with Crippen LogP contribution in [-0.4, -0.2) is 10.9 Å². The van der Waals surface area contributed by atoms with Gasteiger partial charge in [0.1, 0.15) is 10.8 Å². The predicted octanol–water partition coefficient (Wildman–Crippen LogP) is 4.96. The molecule has 0 aliphatic heterocycles. The summed E-state index contributed by atoms with van der Waals surface area (Å²) in [5, 5.41) is 8.09. The number of hydrogen-bond acceptors (Lipinski definition) is 5. The molecule has 0 spiro atoms. The Hall–Kier alpha value is -1.44. The number of hydrogen-bond donors (Lipinski definition) is 1. The molecule has 3 aromatic heterocycles. The lowest BCUT2D eigenvalue weighted by Crippen LogP contribution is -2.31. The van der Waals surface area contributed by atoms with Crippen molar-refractivity contribution < 1.29 is 9.21 Å². The molecule has 1 aliphatic rings.